The molecule has 1 saturated heterocycles. The van der Waals surface area contributed by atoms with Crippen LogP contribution in [0.25, 0.3) is 0 Å². The van der Waals surface area contributed by atoms with Crippen LogP contribution in [-0.4, -0.2) is 35.5 Å². The average molecular weight is 333 g/mol. The molecule has 2 aliphatic rings. The summed E-state index contributed by atoms with van der Waals surface area (Å²) in [7, 11) is 0. The second kappa shape index (κ2) is 7.84. The van der Waals surface area contributed by atoms with Crippen LogP contribution in [0.1, 0.15) is 42.5 Å². The van der Waals surface area contributed by atoms with Gasteiger partial charge >= 0.3 is 0 Å². The number of rotatable bonds is 4. The summed E-state index contributed by atoms with van der Waals surface area (Å²) < 4.78 is 0. The highest BCUT2D eigenvalue weighted by Gasteiger charge is 2.22. The predicted molar refractivity (Wildman–Crippen MR) is 93.7 cm³/mol. The third kappa shape index (κ3) is 4.48. The van der Waals surface area contributed by atoms with Crippen LogP contribution in [-0.2, 0) is 4.79 Å². The van der Waals surface area contributed by atoms with Crippen LogP contribution in [0.3, 0.4) is 0 Å². The van der Waals surface area contributed by atoms with Gasteiger partial charge in [0, 0.05) is 28.9 Å². The molecule has 3 rings (SSSR count). The zero-order valence-corrected chi connectivity index (χ0v) is 14.0. The van der Waals surface area contributed by atoms with E-state index in [1.807, 2.05) is 0 Å². The highest BCUT2D eigenvalue weighted by atomic mass is 32.2. The summed E-state index contributed by atoms with van der Waals surface area (Å²) in [6.07, 6.45) is 5.82. The molecule has 2 amide bonds. The molecule has 1 aliphatic carbocycles. The van der Waals surface area contributed by atoms with E-state index in [-0.39, 0.29) is 17.9 Å². The Balaban J connectivity index is 1.53. The summed E-state index contributed by atoms with van der Waals surface area (Å²) in [4.78, 5) is 24.3. The first kappa shape index (κ1) is 16.3. The molecule has 5 nitrogen and oxygen atoms in total. The quantitative estimate of drug-likeness (QED) is 0.791. The van der Waals surface area contributed by atoms with E-state index in [9.17, 15) is 9.59 Å². The van der Waals surface area contributed by atoms with Crippen molar-refractivity contribution in [1.29, 1.82) is 0 Å². The molecule has 1 saturated carbocycles. The fraction of sp³-hybridized carbons (Fsp3) is 0.529. The zero-order valence-electron chi connectivity index (χ0n) is 13.1. The number of carbonyl (C=O) groups excluding carboxylic acids is 2. The summed E-state index contributed by atoms with van der Waals surface area (Å²) >= 11 is 1.72. The van der Waals surface area contributed by atoms with Gasteiger partial charge in [0.15, 0.2) is 0 Å². The molecule has 1 aliphatic heterocycles. The van der Waals surface area contributed by atoms with E-state index < -0.39 is 0 Å². The molecule has 0 aromatic heterocycles. The Bertz CT molecular complexity index is 549. The van der Waals surface area contributed by atoms with Crippen LogP contribution >= 0.6 is 11.8 Å². The lowest BCUT2D eigenvalue weighted by Gasteiger charge is -2.22. The Kier molecular flexibility index (Phi) is 5.56. The van der Waals surface area contributed by atoms with E-state index in [1.54, 1.807) is 36.0 Å². The number of benzene rings is 1. The number of carbonyl (C=O) groups is 2. The van der Waals surface area contributed by atoms with E-state index in [2.05, 4.69) is 16.0 Å². The lowest BCUT2D eigenvalue weighted by Crippen LogP contribution is -2.37. The first-order valence-electron chi connectivity index (χ1n) is 8.25. The number of nitrogens with one attached hydrogen (secondary N) is 3. The highest BCUT2D eigenvalue weighted by Crippen LogP contribution is 2.18. The molecule has 124 valence electrons. The Labute approximate surface area is 141 Å². The maximum atomic E-state index is 12.2. The van der Waals surface area contributed by atoms with Crippen molar-refractivity contribution in [2.24, 2.45) is 0 Å². The minimum absolute atomic E-state index is 0.0191. The number of hydrogen-bond donors (Lipinski definition) is 3. The van der Waals surface area contributed by atoms with Crippen LogP contribution in [0.15, 0.2) is 24.3 Å². The van der Waals surface area contributed by atoms with E-state index >= 15 is 0 Å². The molecule has 2 fully saturated rings. The van der Waals surface area contributed by atoms with E-state index in [1.165, 1.54) is 19.3 Å². The summed E-state index contributed by atoms with van der Waals surface area (Å²) in [5, 5.41) is 9.12. The molecule has 1 unspecified atom stereocenters. The molecule has 0 spiro atoms. The van der Waals surface area contributed by atoms with Gasteiger partial charge in [-0.05, 0) is 37.1 Å². The van der Waals surface area contributed by atoms with Gasteiger partial charge in [-0.2, -0.15) is 0 Å². The Morgan fingerprint density at radius 3 is 2.48 bits per heavy atom. The van der Waals surface area contributed by atoms with Crippen molar-refractivity contribution in [3.63, 3.8) is 0 Å². The van der Waals surface area contributed by atoms with Crippen LogP contribution in [0.2, 0.25) is 0 Å². The van der Waals surface area contributed by atoms with Crippen molar-refractivity contribution >= 4 is 29.3 Å². The highest BCUT2D eigenvalue weighted by molar-refractivity contribution is 7.99. The van der Waals surface area contributed by atoms with E-state index in [0.29, 0.717) is 11.6 Å². The molecule has 23 heavy (non-hydrogen) atoms. The first-order valence-corrected chi connectivity index (χ1v) is 9.41. The smallest absolute Gasteiger partial charge is 0.251 e. The Morgan fingerprint density at radius 1 is 1.09 bits per heavy atom. The van der Waals surface area contributed by atoms with Gasteiger partial charge in [0.1, 0.15) is 0 Å². The molecule has 1 heterocycles. The van der Waals surface area contributed by atoms with Gasteiger partial charge in [-0.1, -0.05) is 19.3 Å². The zero-order chi connectivity index (χ0) is 16.1. The number of hydrogen-bond acceptors (Lipinski definition) is 4. The third-order valence-electron chi connectivity index (χ3n) is 4.39. The second-order valence-corrected chi connectivity index (χ2v) is 7.18. The molecule has 1 atom stereocenters. The van der Waals surface area contributed by atoms with E-state index in [4.69, 9.17) is 0 Å². The third-order valence-corrected chi connectivity index (χ3v) is 5.33. The van der Waals surface area contributed by atoms with Gasteiger partial charge < -0.3 is 10.6 Å². The van der Waals surface area contributed by atoms with Gasteiger partial charge in [-0.3, -0.25) is 14.9 Å². The SMILES string of the molecule is O=C(NC1CCCCC1)c1ccc(NC(=O)C2CSCN2)cc1. The van der Waals surface area contributed by atoms with Gasteiger partial charge in [0.2, 0.25) is 5.91 Å². The fourth-order valence-electron chi connectivity index (χ4n) is 3.01. The fourth-order valence-corrected chi connectivity index (χ4v) is 3.96. The van der Waals surface area contributed by atoms with Gasteiger partial charge in [-0.15, -0.1) is 11.8 Å². The summed E-state index contributed by atoms with van der Waals surface area (Å²) in [6.45, 7) is 0. The molecule has 3 N–H and O–H groups in total. The molecule has 6 heteroatoms. The molecular formula is C17H23N3O2S. The van der Waals surface area contributed by atoms with Crippen molar-refractivity contribution in [2.75, 3.05) is 16.9 Å². The largest absolute Gasteiger partial charge is 0.349 e. The van der Waals surface area contributed by atoms with Gasteiger partial charge in [0.05, 0.1) is 6.04 Å². The standard InChI is InChI=1S/C17H23N3O2S/c21-16(19-13-4-2-1-3-5-13)12-6-8-14(9-7-12)20-17(22)15-10-23-11-18-15/h6-9,13,15,18H,1-5,10-11H2,(H,19,21)(H,20,22). The van der Waals surface area contributed by atoms with Crippen molar-refractivity contribution in [1.82, 2.24) is 10.6 Å². The normalized spacial score (nSPS) is 21.8. The first-order chi connectivity index (χ1) is 11.2. The topological polar surface area (TPSA) is 70.2 Å². The maximum absolute atomic E-state index is 12.2. The van der Waals surface area contributed by atoms with Crippen LogP contribution in [0.4, 0.5) is 5.69 Å². The molecule has 0 bridgehead atoms. The monoisotopic (exact) mass is 333 g/mol. The summed E-state index contributed by atoms with van der Waals surface area (Å²) in [6, 6.07) is 7.29. The molecule has 1 aromatic rings. The lowest BCUT2D eigenvalue weighted by atomic mass is 9.95. The van der Waals surface area contributed by atoms with Crippen LogP contribution < -0.4 is 16.0 Å². The molecule has 0 radical (unpaired) electrons. The number of thioether (sulfide) groups is 1. The average Bonchev–Trinajstić information content (AvgIpc) is 3.11. The second-order valence-electron chi connectivity index (χ2n) is 6.15. The van der Waals surface area contributed by atoms with Crippen LogP contribution in [0.5, 0.6) is 0 Å². The van der Waals surface area contributed by atoms with Crippen LogP contribution in [0, 0.1) is 0 Å². The summed E-state index contributed by atoms with van der Waals surface area (Å²) in [5.74, 6) is 1.57. The minimum Gasteiger partial charge on any atom is -0.349 e. The summed E-state index contributed by atoms with van der Waals surface area (Å²) in [5.41, 5.74) is 1.37. The van der Waals surface area contributed by atoms with Crippen molar-refractivity contribution in [3.8, 4) is 0 Å². The lowest BCUT2D eigenvalue weighted by molar-refractivity contribution is -0.117. The van der Waals surface area contributed by atoms with Crippen molar-refractivity contribution in [2.45, 2.75) is 44.2 Å². The van der Waals surface area contributed by atoms with Gasteiger partial charge in [-0.25, -0.2) is 0 Å². The Morgan fingerprint density at radius 2 is 1.83 bits per heavy atom. The van der Waals surface area contributed by atoms with E-state index in [0.717, 1.165) is 30.2 Å². The predicted octanol–water partition coefficient (Wildman–Crippen LogP) is 2.35. The van der Waals surface area contributed by atoms with Crippen molar-refractivity contribution < 1.29 is 9.59 Å². The number of anilines is 1. The van der Waals surface area contributed by atoms with Gasteiger partial charge in [0.25, 0.3) is 5.91 Å². The number of amides is 2. The maximum Gasteiger partial charge on any atom is 0.251 e. The molecular weight excluding hydrogens is 310 g/mol. The Hall–Kier alpha value is -1.53. The molecule has 1 aromatic carbocycles. The minimum atomic E-state index is -0.130. The van der Waals surface area contributed by atoms with Crippen molar-refractivity contribution in [3.05, 3.63) is 29.8 Å².